The second kappa shape index (κ2) is 9.30. The van der Waals surface area contributed by atoms with Gasteiger partial charge in [-0.2, -0.15) is 0 Å². The molecule has 0 unspecified atom stereocenters. The van der Waals surface area contributed by atoms with Crippen LogP contribution in [0.5, 0.6) is 0 Å². The van der Waals surface area contributed by atoms with E-state index in [-0.39, 0.29) is 12.2 Å². The Hall–Kier alpha value is -1.88. The molecule has 23 heavy (non-hydrogen) atoms. The third-order valence-corrected chi connectivity index (χ3v) is 4.11. The Morgan fingerprint density at radius 3 is 2.17 bits per heavy atom. The molecule has 1 aromatic rings. The van der Waals surface area contributed by atoms with Crippen molar-refractivity contribution < 1.29 is 19.4 Å². The molecule has 5 heteroatoms. The fourth-order valence-corrected chi connectivity index (χ4v) is 2.74. The van der Waals surface area contributed by atoms with Crippen molar-refractivity contribution in [2.24, 2.45) is 0 Å². The Kier molecular flexibility index (Phi) is 7.07. The van der Waals surface area contributed by atoms with Gasteiger partial charge >= 0.3 is 5.97 Å². The fourth-order valence-electron chi connectivity index (χ4n) is 2.74. The van der Waals surface area contributed by atoms with E-state index in [0.717, 1.165) is 56.8 Å². The quantitative estimate of drug-likeness (QED) is 0.559. The second-order valence-corrected chi connectivity index (χ2v) is 5.88. The van der Waals surface area contributed by atoms with Crippen molar-refractivity contribution >= 4 is 17.4 Å². The highest BCUT2D eigenvalue weighted by molar-refractivity contribution is 5.96. The van der Waals surface area contributed by atoms with Crippen LogP contribution in [-0.4, -0.2) is 43.2 Å². The number of unbranched alkanes of at least 4 members (excludes halogenated alkanes) is 3. The van der Waals surface area contributed by atoms with E-state index < -0.39 is 5.97 Å². The first-order chi connectivity index (χ1) is 11.2. The van der Waals surface area contributed by atoms with Crippen LogP contribution in [0.1, 0.15) is 48.9 Å². The van der Waals surface area contributed by atoms with Gasteiger partial charge < -0.3 is 14.7 Å². The Morgan fingerprint density at radius 1 is 0.957 bits per heavy atom. The Morgan fingerprint density at radius 2 is 1.57 bits per heavy atom. The van der Waals surface area contributed by atoms with Crippen LogP contribution in [0.4, 0.5) is 5.69 Å². The maximum Gasteiger partial charge on any atom is 0.303 e. The lowest BCUT2D eigenvalue weighted by atomic mass is 10.0. The molecule has 1 fully saturated rings. The van der Waals surface area contributed by atoms with Crippen LogP contribution < -0.4 is 4.90 Å². The topological polar surface area (TPSA) is 66.8 Å². The highest BCUT2D eigenvalue weighted by Crippen LogP contribution is 2.18. The second-order valence-electron chi connectivity index (χ2n) is 5.88. The molecule has 0 saturated carbocycles. The summed E-state index contributed by atoms with van der Waals surface area (Å²) in [6.45, 7) is 3.29. The Labute approximate surface area is 137 Å². The standard InChI is InChI=1S/C18H25NO4/c20-17(5-3-1-2-4-6-18(21)22)15-7-9-16(10-8-15)19-11-13-23-14-12-19/h7-10H,1-6,11-14H2,(H,21,22). The van der Waals surface area contributed by atoms with Gasteiger partial charge in [0.25, 0.3) is 0 Å². The smallest absolute Gasteiger partial charge is 0.303 e. The van der Waals surface area contributed by atoms with Crippen LogP contribution in [0.2, 0.25) is 0 Å². The Bertz CT molecular complexity index is 506. The van der Waals surface area contributed by atoms with Crippen LogP contribution in [0.15, 0.2) is 24.3 Å². The summed E-state index contributed by atoms with van der Waals surface area (Å²) in [5.74, 6) is -0.585. The number of hydrogen-bond acceptors (Lipinski definition) is 4. The number of carbonyl (C=O) groups excluding carboxylic acids is 1. The third-order valence-electron chi connectivity index (χ3n) is 4.11. The minimum Gasteiger partial charge on any atom is -0.481 e. The van der Waals surface area contributed by atoms with Gasteiger partial charge in [0.2, 0.25) is 0 Å². The number of morpholine rings is 1. The van der Waals surface area contributed by atoms with E-state index >= 15 is 0 Å². The normalized spacial score (nSPS) is 14.7. The van der Waals surface area contributed by atoms with Crippen molar-refractivity contribution in [2.45, 2.75) is 38.5 Å². The average molecular weight is 319 g/mol. The highest BCUT2D eigenvalue weighted by Gasteiger charge is 2.12. The lowest BCUT2D eigenvalue weighted by Crippen LogP contribution is -2.36. The molecular formula is C18H25NO4. The van der Waals surface area contributed by atoms with Crippen molar-refractivity contribution in [3.05, 3.63) is 29.8 Å². The van der Waals surface area contributed by atoms with Gasteiger partial charge in [-0.25, -0.2) is 0 Å². The number of nitrogens with zero attached hydrogens (tertiary/aromatic N) is 1. The lowest BCUT2D eigenvalue weighted by molar-refractivity contribution is -0.137. The summed E-state index contributed by atoms with van der Waals surface area (Å²) in [4.78, 5) is 24.8. The SMILES string of the molecule is O=C(O)CCCCCCC(=O)c1ccc(N2CCOCC2)cc1. The van der Waals surface area contributed by atoms with Gasteiger partial charge in [0.1, 0.15) is 0 Å². The van der Waals surface area contributed by atoms with Crippen LogP contribution in [0, 0.1) is 0 Å². The highest BCUT2D eigenvalue weighted by atomic mass is 16.5. The zero-order chi connectivity index (χ0) is 16.5. The van der Waals surface area contributed by atoms with E-state index in [1.807, 2.05) is 24.3 Å². The van der Waals surface area contributed by atoms with Gasteiger partial charge in [0.15, 0.2) is 5.78 Å². The zero-order valence-corrected chi connectivity index (χ0v) is 13.5. The number of aliphatic carboxylic acids is 1. The van der Waals surface area contributed by atoms with E-state index in [9.17, 15) is 9.59 Å². The summed E-state index contributed by atoms with van der Waals surface area (Å²) < 4.78 is 5.34. The number of carboxylic acids is 1. The summed E-state index contributed by atoms with van der Waals surface area (Å²) in [7, 11) is 0. The molecule has 0 aromatic heterocycles. The molecule has 0 radical (unpaired) electrons. The zero-order valence-electron chi connectivity index (χ0n) is 13.5. The summed E-state index contributed by atoms with van der Waals surface area (Å²) in [6, 6.07) is 7.81. The van der Waals surface area contributed by atoms with Crippen molar-refractivity contribution in [3.8, 4) is 0 Å². The van der Waals surface area contributed by atoms with Crippen molar-refractivity contribution in [3.63, 3.8) is 0 Å². The molecule has 126 valence electrons. The van der Waals surface area contributed by atoms with Crippen LogP contribution >= 0.6 is 0 Å². The molecule has 0 aliphatic carbocycles. The van der Waals surface area contributed by atoms with E-state index in [4.69, 9.17) is 9.84 Å². The molecule has 0 atom stereocenters. The predicted octanol–water partition coefficient (Wildman–Crippen LogP) is 3.13. The molecule has 1 heterocycles. The molecule has 1 N–H and O–H groups in total. The van der Waals surface area contributed by atoms with E-state index in [2.05, 4.69) is 4.90 Å². The molecule has 1 aliphatic heterocycles. The summed E-state index contributed by atoms with van der Waals surface area (Å²) in [5, 5.41) is 8.56. The largest absolute Gasteiger partial charge is 0.481 e. The van der Waals surface area contributed by atoms with Crippen LogP contribution in [0.25, 0.3) is 0 Å². The number of ketones is 1. The summed E-state index contributed by atoms with van der Waals surface area (Å²) in [6.07, 6.45) is 4.04. The molecule has 1 saturated heterocycles. The number of carbonyl (C=O) groups is 2. The first-order valence-corrected chi connectivity index (χ1v) is 8.34. The number of carboxylic acid groups (broad SMARTS) is 1. The molecule has 1 aromatic carbocycles. The van der Waals surface area contributed by atoms with Gasteiger partial charge in [-0.05, 0) is 37.1 Å². The van der Waals surface area contributed by atoms with E-state index in [0.29, 0.717) is 12.8 Å². The third kappa shape index (κ3) is 6.02. The predicted molar refractivity (Wildman–Crippen MR) is 89.1 cm³/mol. The first kappa shape index (κ1) is 17.5. The number of ether oxygens (including phenoxy) is 1. The molecule has 0 bridgehead atoms. The minimum atomic E-state index is -0.749. The van der Waals surface area contributed by atoms with Crippen molar-refractivity contribution in [1.82, 2.24) is 0 Å². The van der Waals surface area contributed by atoms with Gasteiger partial charge in [0, 0.05) is 37.2 Å². The molecule has 1 aliphatic rings. The van der Waals surface area contributed by atoms with Crippen molar-refractivity contribution in [2.75, 3.05) is 31.2 Å². The van der Waals surface area contributed by atoms with E-state index in [1.165, 1.54) is 0 Å². The van der Waals surface area contributed by atoms with Crippen molar-refractivity contribution in [1.29, 1.82) is 0 Å². The molecule has 2 rings (SSSR count). The maximum atomic E-state index is 12.1. The van der Waals surface area contributed by atoms with Crippen LogP contribution in [-0.2, 0) is 9.53 Å². The average Bonchev–Trinajstić information content (AvgIpc) is 2.58. The van der Waals surface area contributed by atoms with Gasteiger partial charge in [-0.1, -0.05) is 12.8 Å². The number of Topliss-reactive ketones (excluding diaryl/α,β-unsaturated/α-hetero) is 1. The number of benzene rings is 1. The fraction of sp³-hybridized carbons (Fsp3) is 0.556. The summed E-state index contributed by atoms with van der Waals surface area (Å²) >= 11 is 0. The van der Waals surface area contributed by atoms with Gasteiger partial charge in [-0.15, -0.1) is 0 Å². The number of anilines is 1. The van der Waals surface area contributed by atoms with Gasteiger partial charge in [-0.3, -0.25) is 9.59 Å². The number of hydrogen-bond donors (Lipinski definition) is 1. The minimum absolute atomic E-state index is 0.164. The summed E-state index contributed by atoms with van der Waals surface area (Å²) in [5.41, 5.74) is 1.89. The molecular weight excluding hydrogens is 294 g/mol. The van der Waals surface area contributed by atoms with Gasteiger partial charge in [0.05, 0.1) is 13.2 Å². The number of rotatable bonds is 9. The monoisotopic (exact) mass is 319 g/mol. The first-order valence-electron chi connectivity index (χ1n) is 8.34. The molecule has 5 nitrogen and oxygen atoms in total. The maximum absolute atomic E-state index is 12.1. The molecule has 0 amide bonds. The Balaban J connectivity index is 1.71. The molecule has 0 spiro atoms. The van der Waals surface area contributed by atoms with E-state index in [1.54, 1.807) is 0 Å². The lowest BCUT2D eigenvalue weighted by Gasteiger charge is -2.28. The van der Waals surface area contributed by atoms with Crippen LogP contribution in [0.3, 0.4) is 0 Å².